The Balaban J connectivity index is 1.79. The number of hydrogen-bond donors (Lipinski definition) is 1. The van der Waals surface area contributed by atoms with Gasteiger partial charge in [0.15, 0.2) is 0 Å². The summed E-state index contributed by atoms with van der Waals surface area (Å²) < 4.78 is 18.0. The minimum Gasteiger partial charge on any atom is -0.381 e. The van der Waals surface area contributed by atoms with E-state index < -0.39 is 0 Å². The van der Waals surface area contributed by atoms with Gasteiger partial charge in [0.05, 0.1) is 11.9 Å². The van der Waals surface area contributed by atoms with E-state index in [2.05, 4.69) is 10.3 Å². The summed E-state index contributed by atoms with van der Waals surface area (Å²) in [4.78, 5) is 4.02. The molecule has 4 heteroatoms. The van der Waals surface area contributed by atoms with Gasteiger partial charge in [0.2, 0.25) is 0 Å². The average Bonchev–Trinajstić information content (AvgIpc) is 2.57. The summed E-state index contributed by atoms with van der Waals surface area (Å²) in [7, 11) is 0. The molecule has 1 saturated heterocycles. The van der Waals surface area contributed by atoms with Crippen LogP contribution in [0, 0.1) is 5.82 Å². The minimum atomic E-state index is -0.286. The maximum Gasteiger partial charge on any atom is 0.141 e. The van der Waals surface area contributed by atoms with E-state index in [9.17, 15) is 4.39 Å². The Labute approximate surface area is 95.0 Å². The van der Waals surface area contributed by atoms with Crippen LogP contribution < -0.4 is 5.32 Å². The van der Waals surface area contributed by atoms with E-state index in [0.29, 0.717) is 12.6 Å². The van der Waals surface area contributed by atoms with Gasteiger partial charge in [0.25, 0.3) is 0 Å². The largest absolute Gasteiger partial charge is 0.381 e. The molecule has 0 saturated carbocycles. The third-order valence-corrected chi connectivity index (χ3v) is 2.81. The van der Waals surface area contributed by atoms with E-state index in [1.54, 1.807) is 6.07 Å². The molecule has 1 aliphatic rings. The van der Waals surface area contributed by atoms with E-state index in [-0.39, 0.29) is 5.82 Å². The summed E-state index contributed by atoms with van der Waals surface area (Å²) in [5, 5.41) is 3.43. The Morgan fingerprint density at radius 1 is 1.38 bits per heavy atom. The van der Waals surface area contributed by atoms with E-state index in [1.807, 2.05) is 0 Å². The predicted octanol–water partition coefficient (Wildman–Crippen LogP) is 1.88. The summed E-state index contributed by atoms with van der Waals surface area (Å²) in [5.74, 6) is -0.286. The number of pyridine rings is 1. The Bertz CT molecular complexity index is 307. The van der Waals surface area contributed by atoms with Gasteiger partial charge in [-0.3, -0.25) is 4.98 Å². The predicted molar refractivity (Wildman–Crippen MR) is 59.5 cm³/mol. The molecule has 16 heavy (non-hydrogen) atoms. The highest BCUT2D eigenvalue weighted by molar-refractivity contribution is 5.05. The van der Waals surface area contributed by atoms with Crippen molar-refractivity contribution >= 4 is 0 Å². The van der Waals surface area contributed by atoms with Crippen LogP contribution in [0.3, 0.4) is 0 Å². The summed E-state index contributed by atoms with van der Waals surface area (Å²) >= 11 is 0. The van der Waals surface area contributed by atoms with Crippen molar-refractivity contribution in [2.24, 2.45) is 0 Å². The van der Waals surface area contributed by atoms with E-state index >= 15 is 0 Å². The Kier molecular flexibility index (Phi) is 4.25. The monoisotopic (exact) mass is 224 g/mol. The molecule has 88 valence electrons. The maximum atomic E-state index is 12.6. The number of ether oxygens (including phenoxy) is 1. The van der Waals surface area contributed by atoms with E-state index in [0.717, 1.165) is 38.2 Å². The van der Waals surface area contributed by atoms with Crippen molar-refractivity contribution < 1.29 is 9.13 Å². The van der Waals surface area contributed by atoms with Gasteiger partial charge in [-0.2, -0.15) is 0 Å². The lowest BCUT2D eigenvalue weighted by molar-refractivity contribution is 0.142. The normalized spacial score (nSPS) is 21.7. The van der Waals surface area contributed by atoms with Crippen LogP contribution in [0.2, 0.25) is 0 Å². The van der Waals surface area contributed by atoms with Gasteiger partial charge < -0.3 is 10.1 Å². The SMILES string of the molecule is Fc1ccc(CNC2CCCOCC2)nc1. The van der Waals surface area contributed by atoms with Gasteiger partial charge in [-0.25, -0.2) is 4.39 Å². The quantitative estimate of drug-likeness (QED) is 0.851. The van der Waals surface area contributed by atoms with Crippen LogP contribution in [-0.2, 0) is 11.3 Å². The first-order valence-corrected chi connectivity index (χ1v) is 5.76. The Hall–Kier alpha value is -1.00. The van der Waals surface area contributed by atoms with Gasteiger partial charge >= 0.3 is 0 Å². The number of nitrogens with zero attached hydrogens (tertiary/aromatic N) is 1. The van der Waals surface area contributed by atoms with Gasteiger partial charge in [0, 0.05) is 25.8 Å². The van der Waals surface area contributed by atoms with Crippen LogP contribution >= 0.6 is 0 Å². The lowest BCUT2D eigenvalue weighted by Gasteiger charge is -2.14. The third-order valence-electron chi connectivity index (χ3n) is 2.81. The standard InChI is InChI=1S/C12H17FN2O/c13-10-3-4-12(14-8-10)9-15-11-2-1-6-16-7-5-11/h3-4,8,11,15H,1-2,5-7,9H2. The van der Waals surface area contributed by atoms with Crippen LogP contribution in [-0.4, -0.2) is 24.2 Å². The van der Waals surface area contributed by atoms with Crippen LogP contribution in [0.1, 0.15) is 25.0 Å². The van der Waals surface area contributed by atoms with Crippen molar-refractivity contribution in [2.45, 2.75) is 31.8 Å². The zero-order chi connectivity index (χ0) is 11.2. The zero-order valence-electron chi connectivity index (χ0n) is 9.29. The van der Waals surface area contributed by atoms with E-state index in [4.69, 9.17) is 4.74 Å². The van der Waals surface area contributed by atoms with Gasteiger partial charge in [-0.05, 0) is 31.4 Å². The van der Waals surface area contributed by atoms with Crippen LogP contribution in [0.5, 0.6) is 0 Å². The molecule has 1 N–H and O–H groups in total. The lowest BCUT2D eigenvalue weighted by Crippen LogP contribution is -2.29. The fraction of sp³-hybridized carbons (Fsp3) is 0.583. The first-order chi connectivity index (χ1) is 7.84. The lowest BCUT2D eigenvalue weighted by atomic mass is 10.1. The first-order valence-electron chi connectivity index (χ1n) is 5.76. The highest BCUT2D eigenvalue weighted by atomic mass is 19.1. The number of hydrogen-bond acceptors (Lipinski definition) is 3. The number of aromatic nitrogens is 1. The topological polar surface area (TPSA) is 34.1 Å². The molecule has 1 aromatic rings. The molecule has 2 rings (SSSR count). The molecule has 1 unspecified atom stereocenters. The van der Waals surface area contributed by atoms with Crippen molar-refractivity contribution in [3.05, 3.63) is 29.8 Å². The maximum absolute atomic E-state index is 12.6. The van der Waals surface area contributed by atoms with Crippen molar-refractivity contribution in [1.82, 2.24) is 10.3 Å². The summed E-state index contributed by atoms with van der Waals surface area (Å²) in [6.45, 7) is 2.40. The smallest absolute Gasteiger partial charge is 0.141 e. The first kappa shape index (κ1) is 11.5. The molecule has 0 aliphatic carbocycles. The average molecular weight is 224 g/mol. The summed E-state index contributed by atoms with van der Waals surface area (Å²) in [6.07, 6.45) is 4.55. The molecule has 0 bridgehead atoms. The van der Waals surface area contributed by atoms with Gasteiger partial charge in [0.1, 0.15) is 5.82 Å². The van der Waals surface area contributed by atoms with Crippen LogP contribution in [0.25, 0.3) is 0 Å². The molecule has 0 aromatic carbocycles. The fourth-order valence-corrected chi connectivity index (χ4v) is 1.87. The number of nitrogens with one attached hydrogen (secondary N) is 1. The number of halogens is 1. The van der Waals surface area contributed by atoms with E-state index in [1.165, 1.54) is 12.3 Å². The van der Waals surface area contributed by atoms with Crippen molar-refractivity contribution in [3.8, 4) is 0 Å². The molecule has 1 atom stereocenters. The fourth-order valence-electron chi connectivity index (χ4n) is 1.87. The second-order valence-electron chi connectivity index (χ2n) is 4.09. The third kappa shape index (κ3) is 3.54. The number of rotatable bonds is 3. The van der Waals surface area contributed by atoms with Crippen molar-refractivity contribution in [2.75, 3.05) is 13.2 Å². The van der Waals surface area contributed by atoms with Crippen LogP contribution in [0.15, 0.2) is 18.3 Å². The molecule has 3 nitrogen and oxygen atoms in total. The highest BCUT2D eigenvalue weighted by Gasteiger charge is 2.11. The molecular weight excluding hydrogens is 207 g/mol. The molecule has 1 fully saturated rings. The highest BCUT2D eigenvalue weighted by Crippen LogP contribution is 2.08. The second kappa shape index (κ2) is 5.92. The second-order valence-corrected chi connectivity index (χ2v) is 4.09. The van der Waals surface area contributed by atoms with Gasteiger partial charge in [-0.1, -0.05) is 0 Å². The van der Waals surface area contributed by atoms with Gasteiger partial charge in [-0.15, -0.1) is 0 Å². The Morgan fingerprint density at radius 3 is 3.12 bits per heavy atom. The van der Waals surface area contributed by atoms with Crippen molar-refractivity contribution in [3.63, 3.8) is 0 Å². The minimum absolute atomic E-state index is 0.286. The molecular formula is C12H17FN2O. The zero-order valence-corrected chi connectivity index (χ0v) is 9.29. The molecule has 0 spiro atoms. The molecule has 1 aliphatic heterocycles. The van der Waals surface area contributed by atoms with Crippen LogP contribution in [0.4, 0.5) is 4.39 Å². The molecule has 1 aromatic heterocycles. The summed E-state index contributed by atoms with van der Waals surface area (Å²) in [5.41, 5.74) is 0.881. The molecule has 2 heterocycles. The molecule has 0 amide bonds. The Morgan fingerprint density at radius 2 is 2.31 bits per heavy atom. The van der Waals surface area contributed by atoms with Crippen molar-refractivity contribution in [1.29, 1.82) is 0 Å². The molecule has 0 radical (unpaired) electrons. The summed E-state index contributed by atoms with van der Waals surface area (Å²) in [6, 6.07) is 3.66.